The molecular weight excluding hydrogens is 412 g/mol. The number of hydrogen-bond acceptors (Lipinski definition) is 4. The van der Waals surface area contributed by atoms with Crippen LogP contribution in [0.3, 0.4) is 0 Å². The number of halogens is 1. The minimum Gasteiger partial charge on any atom is -0.482 e. The van der Waals surface area contributed by atoms with Crippen molar-refractivity contribution in [1.82, 2.24) is 4.98 Å². The largest absolute Gasteiger partial charge is 0.482 e. The Balaban J connectivity index is 2.03. The number of carbonyl (C=O) groups is 1. The number of aromatic nitrogens is 1. The molecule has 0 saturated carbocycles. The molecule has 0 aliphatic heterocycles. The van der Waals surface area contributed by atoms with Crippen LogP contribution in [0.2, 0.25) is 0 Å². The van der Waals surface area contributed by atoms with E-state index in [1.807, 2.05) is 30.3 Å². The molecule has 0 aliphatic carbocycles. The fraction of sp³-hybridized carbons (Fsp3) is 0.0500. The van der Waals surface area contributed by atoms with E-state index in [2.05, 4.69) is 20.9 Å². The van der Waals surface area contributed by atoms with Crippen molar-refractivity contribution in [1.29, 1.82) is 5.26 Å². The van der Waals surface area contributed by atoms with Gasteiger partial charge in [-0.15, -0.1) is 0 Å². The zero-order valence-electron chi connectivity index (χ0n) is 13.9. The zero-order valence-corrected chi connectivity index (χ0v) is 15.5. The summed E-state index contributed by atoms with van der Waals surface area (Å²) >= 11 is 3.37. The van der Waals surface area contributed by atoms with Crippen molar-refractivity contribution < 1.29 is 14.6 Å². The minimum atomic E-state index is -1.07. The number of nitrogens with zero attached hydrogens (tertiary/aromatic N) is 1. The topological polar surface area (TPSA) is 103 Å². The van der Waals surface area contributed by atoms with Gasteiger partial charge in [-0.2, -0.15) is 5.26 Å². The number of pyridine rings is 1. The van der Waals surface area contributed by atoms with Crippen molar-refractivity contribution in [3.05, 3.63) is 75.0 Å². The van der Waals surface area contributed by atoms with Gasteiger partial charge in [0.2, 0.25) is 0 Å². The van der Waals surface area contributed by atoms with Crippen LogP contribution in [-0.4, -0.2) is 22.7 Å². The lowest BCUT2D eigenvalue weighted by molar-refractivity contribution is -0.139. The van der Waals surface area contributed by atoms with E-state index in [4.69, 9.17) is 9.84 Å². The predicted molar refractivity (Wildman–Crippen MR) is 103 cm³/mol. The van der Waals surface area contributed by atoms with E-state index in [-0.39, 0.29) is 5.56 Å². The highest BCUT2D eigenvalue weighted by atomic mass is 79.9. The van der Waals surface area contributed by atoms with Gasteiger partial charge in [0.05, 0.1) is 0 Å². The number of aliphatic carboxylic acids is 1. The van der Waals surface area contributed by atoms with Gasteiger partial charge in [0, 0.05) is 15.7 Å². The molecule has 27 heavy (non-hydrogen) atoms. The van der Waals surface area contributed by atoms with Gasteiger partial charge in [-0.05, 0) is 41.5 Å². The second-order valence-electron chi connectivity index (χ2n) is 5.63. The molecule has 6 nitrogen and oxygen atoms in total. The lowest BCUT2D eigenvalue weighted by Gasteiger charge is -2.09. The number of carboxylic acid groups (broad SMARTS) is 1. The van der Waals surface area contributed by atoms with E-state index in [1.165, 1.54) is 0 Å². The molecule has 3 rings (SSSR count). The first-order chi connectivity index (χ1) is 13.0. The first-order valence-electron chi connectivity index (χ1n) is 7.86. The maximum atomic E-state index is 12.4. The van der Waals surface area contributed by atoms with E-state index < -0.39 is 18.1 Å². The summed E-state index contributed by atoms with van der Waals surface area (Å²) in [5.74, 6) is -0.683. The van der Waals surface area contributed by atoms with Crippen LogP contribution in [0, 0.1) is 11.3 Å². The molecule has 0 radical (unpaired) electrons. The molecular formula is C20H13BrN2O4. The van der Waals surface area contributed by atoms with Crippen LogP contribution in [0.5, 0.6) is 5.75 Å². The van der Waals surface area contributed by atoms with Crippen molar-refractivity contribution in [3.63, 3.8) is 0 Å². The van der Waals surface area contributed by atoms with Gasteiger partial charge >= 0.3 is 5.97 Å². The quantitative estimate of drug-likeness (QED) is 0.647. The molecule has 2 N–H and O–H groups in total. The van der Waals surface area contributed by atoms with E-state index in [1.54, 1.807) is 30.3 Å². The Morgan fingerprint density at radius 2 is 1.74 bits per heavy atom. The molecule has 2 aromatic carbocycles. The van der Waals surface area contributed by atoms with Crippen molar-refractivity contribution in [2.75, 3.05) is 6.61 Å². The molecule has 0 unspecified atom stereocenters. The summed E-state index contributed by atoms with van der Waals surface area (Å²) in [5.41, 5.74) is 2.08. The Labute approximate surface area is 162 Å². The lowest BCUT2D eigenvalue weighted by Crippen LogP contribution is -2.12. The molecule has 0 amide bonds. The normalized spacial score (nSPS) is 10.2. The molecule has 1 heterocycles. The molecule has 0 atom stereocenters. The van der Waals surface area contributed by atoms with Crippen molar-refractivity contribution >= 4 is 21.9 Å². The number of aromatic amines is 1. The first kappa shape index (κ1) is 18.4. The van der Waals surface area contributed by atoms with Crippen molar-refractivity contribution in [2.24, 2.45) is 0 Å². The second-order valence-corrected chi connectivity index (χ2v) is 6.54. The number of carboxylic acids is 1. The molecule has 7 heteroatoms. The van der Waals surface area contributed by atoms with Gasteiger partial charge in [0.15, 0.2) is 6.61 Å². The van der Waals surface area contributed by atoms with Gasteiger partial charge in [-0.25, -0.2) is 4.79 Å². The van der Waals surface area contributed by atoms with Crippen LogP contribution in [0.1, 0.15) is 5.56 Å². The van der Waals surface area contributed by atoms with Crippen molar-refractivity contribution in [3.8, 4) is 34.2 Å². The molecule has 0 fully saturated rings. The summed E-state index contributed by atoms with van der Waals surface area (Å²) in [6, 6.07) is 17.7. The number of benzene rings is 2. The zero-order chi connectivity index (χ0) is 19.4. The summed E-state index contributed by atoms with van der Waals surface area (Å²) in [5, 5.41) is 18.1. The SMILES string of the molecule is N#Cc1c(-c2ccc(OCC(=O)O)cc2)cc(-c2ccc(Br)cc2)[nH]c1=O. The van der Waals surface area contributed by atoms with Crippen LogP contribution in [0.4, 0.5) is 0 Å². The maximum absolute atomic E-state index is 12.4. The Morgan fingerprint density at radius 3 is 2.33 bits per heavy atom. The van der Waals surface area contributed by atoms with Gasteiger partial charge < -0.3 is 14.8 Å². The number of rotatable bonds is 5. The smallest absolute Gasteiger partial charge is 0.341 e. The van der Waals surface area contributed by atoms with Gasteiger partial charge in [0.25, 0.3) is 5.56 Å². The molecule has 3 aromatic rings. The average Bonchev–Trinajstić information content (AvgIpc) is 2.66. The Hall–Kier alpha value is -3.37. The first-order valence-corrected chi connectivity index (χ1v) is 8.65. The molecule has 0 spiro atoms. The van der Waals surface area contributed by atoms with E-state index in [0.29, 0.717) is 22.6 Å². The van der Waals surface area contributed by atoms with Crippen LogP contribution >= 0.6 is 15.9 Å². The molecule has 1 aromatic heterocycles. The number of ether oxygens (including phenoxy) is 1. The van der Waals surface area contributed by atoms with Crippen LogP contribution in [-0.2, 0) is 4.79 Å². The molecule has 0 bridgehead atoms. The minimum absolute atomic E-state index is 0.00932. The van der Waals surface area contributed by atoms with Gasteiger partial charge in [-0.3, -0.25) is 4.79 Å². The van der Waals surface area contributed by atoms with Gasteiger partial charge in [-0.1, -0.05) is 40.2 Å². The van der Waals surface area contributed by atoms with E-state index in [9.17, 15) is 14.9 Å². The monoisotopic (exact) mass is 424 g/mol. The number of H-pyrrole nitrogens is 1. The summed E-state index contributed by atoms with van der Waals surface area (Å²) in [7, 11) is 0. The second kappa shape index (κ2) is 7.89. The Kier molecular flexibility index (Phi) is 5.38. The number of hydrogen-bond donors (Lipinski definition) is 2. The summed E-state index contributed by atoms with van der Waals surface area (Å²) in [4.78, 5) is 25.7. The highest BCUT2D eigenvalue weighted by Gasteiger charge is 2.13. The van der Waals surface area contributed by atoms with Crippen LogP contribution in [0.15, 0.2) is 63.9 Å². The molecule has 0 saturated heterocycles. The fourth-order valence-corrected chi connectivity index (χ4v) is 2.82. The third-order valence-corrected chi connectivity index (χ3v) is 4.36. The highest BCUT2D eigenvalue weighted by molar-refractivity contribution is 9.10. The van der Waals surface area contributed by atoms with Gasteiger partial charge in [0.1, 0.15) is 17.4 Å². The summed E-state index contributed by atoms with van der Waals surface area (Å²) < 4.78 is 6.02. The lowest BCUT2D eigenvalue weighted by atomic mass is 9.99. The van der Waals surface area contributed by atoms with E-state index >= 15 is 0 Å². The molecule has 0 aliphatic rings. The maximum Gasteiger partial charge on any atom is 0.341 e. The third-order valence-electron chi connectivity index (χ3n) is 3.83. The summed E-state index contributed by atoms with van der Waals surface area (Å²) in [6.45, 7) is -0.443. The standard InChI is InChI=1S/C20H13BrN2O4/c21-14-5-1-13(2-6-14)18-9-16(17(10-22)20(26)23-18)12-3-7-15(8-4-12)27-11-19(24)25/h1-9H,11H2,(H,23,26)(H,24,25). The average molecular weight is 425 g/mol. The van der Waals surface area contributed by atoms with Crippen LogP contribution < -0.4 is 10.3 Å². The fourth-order valence-electron chi connectivity index (χ4n) is 2.56. The van der Waals surface area contributed by atoms with Crippen LogP contribution in [0.25, 0.3) is 22.4 Å². The highest BCUT2D eigenvalue weighted by Crippen LogP contribution is 2.28. The van der Waals surface area contributed by atoms with Crippen molar-refractivity contribution in [2.45, 2.75) is 0 Å². The Bertz CT molecular complexity index is 1080. The summed E-state index contributed by atoms with van der Waals surface area (Å²) in [6.07, 6.45) is 0. The molecule has 134 valence electrons. The van der Waals surface area contributed by atoms with E-state index in [0.717, 1.165) is 10.0 Å². The Morgan fingerprint density at radius 1 is 1.11 bits per heavy atom. The third kappa shape index (κ3) is 4.25. The predicted octanol–water partition coefficient (Wildman–Crippen LogP) is 3.81. The number of nitrogens with one attached hydrogen (secondary N) is 1. The number of nitriles is 1.